The molecule has 1 amide bonds. The number of aromatic nitrogens is 1. The molecule has 4 heteroatoms. The first-order chi connectivity index (χ1) is 7.18. The van der Waals surface area contributed by atoms with Gasteiger partial charge in [-0.1, -0.05) is 12.2 Å². The molecular weight excluding hydrogens is 190 g/mol. The summed E-state index contributed by atoms with van der Waals surface area (Å²) >= 11 is 0. The fraction of sp³-hybridized carbons (Fsp3) is 0.273. The minimum atomic E-state index is -0.00227. The Morgan fingerprint density at radius 2 is 2.40 bits per heavy atom. The number of nitrogen functional groups attached to an aromatic ring is 1. The Bertz CT molecular complexity index is 343. The normalized spacial score (nSPS) is 10.5. The van der Waals surface area contributed by atoms with Crippen LogP contribution in [0.4, 0.5) is 5.82 Å². The van der Waals surface area contributed by atoms with Crippen LogP contribution in [0.1, 0.15) is 18.9 Å². The van der Waals surface area contributed by atoms with E-state index >= 15 is 0 Å². The van der Waals surface area contributed by atoms with Crippen LogP contribution in [0.2, 0.25) is 0 Å². The van der Waals surface area contributed by atoms with Gasteiger partial charge >= 0.3 is 0 Å². The van der Waals surface area contributed by atoms with Gasteiger partial charge in [0, 0.05) is 19.7 Å². The number of carbonyl (C=O) groups is 1. The fourth-order valence-electron chi connectivity index (χ4n) is 1.07. The number of hydrogen-bond acceptors (Lipinski definition) is 3. The standard InChI is InChI=1S/C11H15N3O/c1-9(15)13-7-3-2-4-10-5-6-11(12)14-8-10/h2,4-6,8H,3,7H2,1H3,(H2,12,14)(H,13,15). The summed E-state index contributed by atoms with van der Waals surface area (Å²) in [5, 5.41) is 2.72. The van der Waals surface area contributed by atoms with E-state index in [0.29, 0.717) is 12.4 Å². The van der Waals surface area contributed by atoms with Crippen LogP contribution in [-0.4, -0.2) is 17.4 Å². The van der Waals surface area contributed by atoms with Gasteiger partial charge in [-0.2, -0.15) is 0 Å². The van der Waals surface area contributed by atoms with Crippen LogP contribution in [0.5, 0.6) is 0 Å². The van der Waals surface area contributed by atoms with Gasteiger partial charge in [0.1, 0.15) is 5.82 Å². The molecule has 0 aliphatic carbocycles. The number of amides is 1. The summed E-state index contributed by atoms with van der Waals surface area (Å²) in [6, 6.07) is 3.66. The molecule has 0 radical (unpaired) electrons. The second kappa shape index (κ2) is 5.80. The molecule has 0 spiro atoms. The zero-order chi connectivity index (χ0) is 11.1. The van der Waals surface area contributed by atoms with Crippen LogP contribution in [0.25, 0.3) is 6.08 Å². The Balaban J connectivity index is 2.32. The van der Waals surface area contributed by atoms with Gasteiger partial charge in [-0.25, -0.2) is 4.98 Å². The number of hydrogen-bond donors (Lipinski definition) is 2. The topological polar surface area (TPSA) is 68.0 Å². The van der Waals surface area contributed by atoms with E-state index in [9.17, 15) is 4.79 Å². The molecule has 80 valence electrons. The van der Waals surface area contributed by atoms with Crippen LogP contribution in [0, 0.1) is 0 Å². The number of nitrogens with zero attached hydrogens (tertiary/aromatic N) is 1. The molecule has 15 heavy (non-hydrogen) atoms. The Hall–Kier alpha value is -1.84. The summed E-state index contributed by atoms with van der Waals surface area (Å²) in [5.74, 6) is 0.517. The van der Waals surface area contributed by atoms with E-state index in [4.69, 9.17) is 5.73 Å². The van der Waals surface area contributed by atoms with Gasteiger partial charge in [0.15, 0.2) is 0 Å². The molecule has 0 aliphatic heterocycles. The highest BCUT2D eigenvalue weighted by molar-refractivity contribution is 5.72. The molecule has 1 rings (SSSR count). The third-order valence-electron chi connectivity index (χ3n) is 1.80. The molecule has 0 aliphatic rings. The molecule has 0 aromatic carbocycles. The summed E-state index contributed by atoms with van der Waals surface area (Å²) < 4.78 is 0. The lowest BCUT2D eigenvalue weighted by atomic mass is 10.2. The SMILES string of the molecule is CC(=O)NCCC=Cc1ccc(N)nc1. The Morgan fingerprint density at radius 1 is 1.60 bits per heavy atom. The van der Waals surface area contributed by atoms with Gasteiger partial charge in [0.25, 0.3) is 0 Å². The van der Waals surface area contributed by atoms with Crippen LogP contribution >= 0.6 is 0 Å². The highest BCUT2D eigenvalue weighted by Crippen LogP contribution is 2.03. The van der Waals surface area contributed by atoms with Crippen LogP contribution in [0.3, 0.4) is 0 Å². The molecule has 0 bridgehead atoms. The summed E-state index contributed by atoms with van der Waals surface area (Å²) in [5.41, 5.74) is 6.46. The van der Waals surface area contributed by atoms with Gasteiger partial charge < -0.3 is 11.1 Å². The third-order valence-corrected chi connectivity index (χ3v) is 1.80. The number of rotatable bonds is 4. The highest BCUT2D eigenvalue weighted by Gasteiger charge is 1.89. The lowest BCUT2D eigenvalue weighted by molar-refractivity contribution is -0.118. The minimum Gasteiger partial charge on any atom is -0.384 e. The second-order valence-electron chi connectivity index (χ2n) is 3.19. The van der Waals surface area contributed by atoms with Crippen molar-refractivity contribution >= 4 is 17.8 Å². The largest absolute Gasteiger partial charge is 0.384 e. The Kier molecular flexibility index (Phi) is 4.34. The van der Waals surface area contributed by atoms with E-state index in [-0.39, 0.29) is 5.91 Å². The average molecular weight is 205 g/mol. The monoisotopic (exact) mass is 205 g/mol. The smallest absolute Gasteiger partial charge is 0.216 e. The third kappa shape index (κ3) is 4.81. The quantitative estimate of drug-likeness (QED) is 0.726. The molecule has 1 aromatic rings. The first-order valence-corrected chi connectivity index (χ1v) is 4.81. The van der Waals surface area contributed by atoms with Gasteiger partial charge in [-0.3, -0.25) is 4.79 Å². The maximum absolute atomic E-state index is 10.6. The summed E-state index contributed by atoms with van der Waals surface area (Å²) in [4.78, 5) is 14.5. The van der Waals surface area contributed by atoms with E-state index < -0.39 is 0 Å². The highest BCUT2D eigenvalue weighted by atomic mass is 16.1. The predicted molar refractivity (Wildman–Crippen MR) is 61.0 cm³/mol. The van der Waals surface area contributed by atoms with Crippen molar-refractivity contribution < 1.29 is 4.79 Å². The van der Waals surface area contributed by atoms with Crippen molar-refractivity contribution in [1.29, 1.82) is 0 Å². The van der Waals surface area contributed by atoms with Gasteiger partial charge in [-0.15, -0.1) is 0 Å². The van der Waals surface area contributed by atoms with E-state index in [1.165, 1.54) is 6.92 Å². The molecule has 0 saturated heterocycles. The maximum atomic E-state index is 10.6. The van der Waals surface area contributed by atoms with Gasteiger partial charge in [0.05, 0.1) is 0 Å². The molecular formula is C11H15N3O. The van der Waals surface area contributed by atoms with Gasteiger partial charge in [0.2, 0.25) is 5.91 Å². The van der Waals surface area contributed by atoms with Crippen molar-refractivity contribution in [2.45, 2.75) is 13.3 Å². The Morgan fingerprint density at radius 3 is 3.00 bits per heavy atom. The molecule has 0 saturated carbocycles. The van der Waals surface area contributed by atoms with Crippen molar-refractivity contribution in [2.75, 3.05) is 12.3 Å². The number of nitrogens with one attached hydrogen (secondary N) is 1. The van der Waals surface area contributed by atoms with Crippen LogP contribution in [0.15, 0.2) is 24.4 Å². The van der Waals surface area contributed by atoms with Gasteiger partial charge in [-0.05, 0) is 24.1 Å². The van der Waals surface area contributed by atoms with Crippen molar-refractivity contribution in [1.82, 2.24) is 10.3 Å². The summed E-state index contributed by atoms with van der Waals surface area (Å²) in [6.45, 7) is 2.17. The average Bonchev–Trinajstić information content (AvgIpc) is 2.20. The summed E-state index contributed by atoms with van der Waals surface area (Å²) in [7, 11) is 0. The minimum absolute atomic E-state index is 0.00227. The molecule has 1 heterocycles. The zero-order valence-electron chi connectivity index (χ0n) is 8.73. The first-order valence-electron chi connectivity index (χ1n) is 4.81. The fourth-order valence-corrected chi connectivity index (χ4v) is 1.07. The Labute approximate surface area is 89.2 Å². The first kappa shape index (κ1) is 11.2. The molecule has 4 nitrogen and oxygen atoms in total. The number of pyridine rings is 1. The molecule has 3 N–H and O–H groups in total. The van der Waals surface area contributed by atoms with Crippen LogP contribution < -0.4 is 11.1 Å². The van der Waals surface area contributed by atoms with E-state index in [1.807, 2.05) is 18.2 Å². The predicted octanol–water partition coefficient (Wildman–Crippen LogP) is 1.20. The molecule has 0 atom stereocenters. The van der Waals surface area contributed by atoms with E-state index in [1.54, 1.807) is 12.3 Å². The number of carbonyl (C=O) groups excluding carboxylic acids is 1. The summed E-state index contributed by atoms with van der Waals surface area (Å²) in [6.07, 6.45) is 6.46. The van der Waals surface area contributed by atoms with E-state index in [0.717, 1.165) is 12.0 Å². The van der Waals surface area contributed by atoms with Crippen molar-refractivity contribution in [3.8, 4) is 0 Å². The number of anilines is 1. The lowest BCUT2D eigenvalue weighted by Crippen LogP contribution is -2.20. The van der Waals surface area contributed by atoms with Crippen LogP contribution in [-0.2, 0) is 4.79 Å². The molecule has 0 fully saturated rings. The molecule has 1 aromatic heterocycles. The maximum Gasteiger partial charge on any atom is 0.216 e. The molecule has 0 unspecified atom stereocenters. The van der Waals surface area contributed by atoms with Crippen molar-refractivity contribution in [2.24, 2.45) is 0 Å². The van der Waals surface area contributed by atoms with E-state index in [2.05, 4.69) is 10.3 Å². The lowest BCUT2D eigenvalue weighted by Gasteiger charge is -1.97. The van der Waals surface area contributed by atoms with Crippen molar-refractivity contribution in [3.63, 3.8) is 0 Å². The zero-order valence-corrected chi connectivity index (χ0v) is 8.73. The van der Waals surface area contributed by atoms with Crippen molar-refractivity contribution in [3.05, 3.63) is 30.0 Å². The number of nitrogens with two attached hydrogens (primary N) is 1. The second-order valence-corrected chi connectivity index (χ2v) is 3.19.